The molecule has 0 aliphatic carbocycles. The lowest BCUT2D eigenvalue weighted by Crippen LogP contribution is -2.19. The second-order valence-corrected chi connectivity index (χ2v) is 3.59. The first-order valence-corrected chi connectivity index (χ1v) is 4.87. The highest BCUT2D eigenvalue weighted by atomic mass is 35.5. The van der Waals surface area contributed by atoms with E-state index in [-0.39, 0.29) is 0 Å². The Morgan fingerprint density at radius 1 is 1.46 bits per heavy atom. The molecule has 1 rings (SSSR count). The zero-order chi connectivity index (χ0) is 9.84. The van der Waals surface area contributed by atoms with Crippen molar-refractivity contribution in [3.8, 4) is 0 Å². The number of anilines is 1. The van der Waals surface area contributed by atoms with E-state index in [0.717, 1.165) is 29.5 Å². The summed E-state index contributed by atoms with van der Waals surface area (Å²) in [6, 6.07) is 3.82. The number of hydrogen-bond donors (Lipinski definition) is 0. The molecule has 0 saturated heterocycles. The molecule has 0 fully saturated rings. The van der Waals surface area contributed by atoms with Crippen LogP contribution in [0, 0.1) is 6.92 Å². The van der Waals surface area contributed by atoms with Gasteiger partial charge in [-0.25, -0.2) is 4.98 Å². The lowest BCUT2D eigenvalue weighted by molar-refractivity contribution is 0.835. The Kier molecular flexibility index (Phi) is 3.55. The van der Waals surface area contributed by atoms with E-state index in [9.17, 15) is 0 Å². The highest BCUT2D eigenvalue weighted by Gasteiger charge is 2.06. The van der Waals surface area contributed by atoms with E-state index in [0.29, 0.717) is 0 Å². The number of halogens is 1. The van der Waals surface area contributed by atoms with E-state index in [1.165, 1.54) is 0 Å². The summed E-state index contributed by atoms with van der Waals surface area (Å²) in [6.07, 6.45) is 1.10. The standard InChI is InChI=1S/C10H15ClN2/c1-4-7-13(3)10-9(11)6-5-8(2)12-10/h5-6H,4,7H2,1-3H3. The van der Waals surface area contributed by atoms with Crippen molar-refractivity contribution in [1.82, 2.24) is 4.98 Å². The lowest BCUT2D eigenvalue weighted by Gasteiger charge is -2.18. The molecule has 72 valence electrons. The Hall–Kier alpha value is -0.760. The topological polar surface area (TPSA) is 16.1 Å². The summed E-state index contributed by atoms with van der Waals surface area (Å²) in [4.78, 5) is 6.46. The van der Waals surface area contributed by atoms with Crippen molar-refractivity contribution >= 4 is 17.4 Å². The number of aromatic nitrogens is 1. The molecule has 2 nitrogen and oxygen atoms in total. The maximum Gasteiger partial charge on any atom is 0.147 e. The molecule has 0 saturated carbocycles. The summed E-state index contributed by atoms with van der Waals surface area (Å²) in [5.41, 5.74) is 1.00. The van der Waals surface area contributed by atoms with Crippen LogP contribution in [0.25, 0.3) is 0 Å². The summed E-state index contributed by atoms with van der Waals surface area (Å²) >= 11 is 6.02. The molecule has 1 heterocycles. The fourth-order valence-electron chi connectivity index (χ4n) is 1.24. The van der Waals surface area contributed by atoms with Crippen molar-refractivity contribution in [3.05, 3.63) is 22.8 Å². The average Bonchev–Trinajstić information content (AvgIpc) is 2.09. The molecule has 0 bridgehead atoms. The van der Waals surface area contributed by atoms with Crippen LogP contribution in [0.15, 0.2) is 12.1 Å². The molecular weight excluding hydrogens is 184 g/mol. The molecule has 1 aromatic heterocycles. The minimum atomic E-state index is 0.724. The Labute approximate surface area is 84.5 Å². The monoisotopic (exact) mass is 198 g/mol. The minimum Gasteiger partial charge on any atom is -0.358 e. The van der Waals surface area contributed by atoms with Crippen molar-refractivity contribution in [2.75, 3.05) is 18.5 Å². The van der Waals surface area contributed by atoms with Gasteiger partial charge in [0.25, 0.3) is 0 Å². The van der Waals surface area contributed by atoms with Crippen LogP contribution < -0.4 is 4.90 Å². The first-order chi connectivity index (χ1) is 6.15. The highest BCUT2D eigenvalue weighted by molar-refractivity contribution is 6.32. The van der Waals surface area contributed by atoms with E-state index in [4.69, 9.17) is 11.6 Å². The molecule has 0 radical (unpaired) electrons. The molecular formula is C10H15ClN2. The summed E-state index contributed by atoms with van der Waals surface area (Å²) in [5.74, 6) is 0.878. The zero-order valence-corrected chi connectivity index (χ0v) is 9.10. The number of pyridine rings is 1. The Balaban J connectivity index is 2.91. The smallest absolute Gasteiger partial charge is 0.147 e. The summed E-state index contributed by atoms with van der Waals surface area (Å²) < 4.78 is 0. The van der Waals surface area contributed by atoms with E-state index >= 15 is 0 Å². The summed E-state index contributed by atoms with van der Waals surface area (Å²) in [5, 5.41) is 0.724. The van der Waals surface area contributed by atoms with Crippen LogP contribution in [0.2, 0.25) is 5.02 Å². The maximum absolute atomic E-state index is 6.02. The summed E-state index contributed by atoms with van der Waals surface area (Å²) in [7, 11) is 2.01. The molecule has 1 aromatic rings. The Bertz CT molecular complexity index is 286. The van der Waals surface area contributed by atoms with Gasteiger partial charge in [0.15, 0.2) is 0 Å². The van der Waals surface area contributed by atoms with Gasteiger partial charge in [-0.1, -0.05) is 18.5 Å². The average molecular weight is 199 g/mol. The number of hydrogen-bond acceptors (Lipinski definition) is 2. The third-order valence-electron chi connectivity index (χ3n) is 1.89. The van der Waals surface area contributed by atoms with Gasteiger partial charge in [-0.05, 0) is 25.5 Å². The van der Waals surface area contributed by atoms with Gasteiger partial charge in [0.2, 0.25) is 0 Å². The predicted molar refractivity (Wildman–Crippen MR) is 57.5 cm³/mol. The van der Waals surface area contributed by atoms with Gasteiger partial charge < -0.3 is 4.90 Å². The molecule has 0 amide bonds. The molecule has 0 aliphatic rings. The molecule has 0 N–H and O–H groups in total. The highest BCUT2D eigenvalue weighted by Crippen LogP contribution is 2.22. The zero-order valence-electron chi connectivity index (χ0n) is 8.34. The quantitative estimate of drug-likeness (QED) is 0.743. The summed E-state index contributed by atoms with van der Waals surface area (Å²) in [6.45, 7) is 5.09. The van der Waals surface area contributed by atoms with Crippen LogP contribution in [0.5, 0.6) is 0 Å². The van der Waals surface area contributed by atoms with E-state index in [2.05, 4.69) is 16.8 Å². The number of rotatable bonds is 3. The van der Waals surface area contributed by atoms with Gasteiger partial charge in [0.1, 0.15) is 5.82 Å². The van der Waals surface area contributed by atoms with Crippen LogP contribution >= 0.6 is 11.6 Å². The van der Waals surface area contributed by atoms with Gasteiger partial charge in [0.05, 0.1) is 5.02 Å². The molecule has 3 heteroatoms. The number of nitrogens with zero attached hydrogens (tertiary/aromatic N) is 2. The minimum absolute atomic E-state index is 0.724. The lowest BCUT2D eigenvalue weighted by atomic mass is 10.3. The third kappa shape index (κ3) is 2.59. The van der Waals surface area contributed by atoms with E-state index in [1.807, 2.05) is 26.1 Å². The van der Waals surface area contributed by atoms with E-state index in [1.54, 1.807) is 0 Å². The largest absolute Gasteiger partial charge is 0.358 e. The molecule has 0 atom stereocenters. The fraction of sp³-hybridized carbons (Fsp3) is 0.500. The third-order valence-corrected chi connectivity index (χ3v) is 2.18. The second kappa shape index (κ2) is 4.47. The van der Waals surface area contributed by atoms with Gasteiger partial charge >= 0.3 is 0 Å². The molecule has 0 unspecified atom stereocenters. The molecule has 0 spiro atoms. The van der Waals surface area contributed by atoms with Gasteiger partial charge in [-0.15, -0.1) is 0 Å². The van der Waals surface area contributed by atoms with Gasteiger partial charge in [0, 0.05) is 19.3 Å². The predicted octanol–water partition coefficient (Wildman–Crippen LogP) is 2.89. The Morgan fingerprint density at radius 2 is 2.15 bits per heavy atom. The van der Waals surface area contributed by atoms with Crippen molar-refractivity contribution < 1.29 is 0 Å². The first-order valence-electron chi connectivity index (χ1n) is 4.49. The molecule has 13 heavy (non-hydrogen) atoms. The van der Waals surface area contributed by atoms with Crippen LogP contribution in [0.1, 0.15) is 19.0 Å². The van der Waals surface area contributed by atoms with Crippen LogP contribution in [0.4, 0.5) is 5.82 Å². The second-order valence-electron chi connectivity index (χ2n) is 3.18. The fourth-order valence-corrected chi connectivity index (χ4v) is 1.48. The van der Waals surface area contributed by atoms with E-state index < -0.39 is 0 Å². The first kappa shape index (κ1) is 10.3. The van der Waals surface area contributed by atoms with Crippen LogP contribution in [-0.2, 0) is 0 Å². The Morgan fingerprint density at radius 3 is 2.77 bits per heavy atom. The normalized spacial score (nSPS) is 10.2. The molecule has 0 aromatic carbocycles. The van der Waals surface area contributed by atoms with Crippen molar-refractivity contribution in [2.45, 2.75) is 20.3 Å². The maximum atomic E-state index is 6.02. The van der Waals surface area contributed by atoms with Gasteiger partial charge in [-0.2, -0.15) is 0 Å². The van der Waals surface area contributed by atoms with Gasteiger partial charge in [-0.3, -0.25) is 0 Å². The van der Waals surface area contributed by atoms with Crippen LogP contribution in [0.3, 0.4) is 0 Å². The van der Waals surface area contributed by atoms with Crippen molar-refractivity contribution in [1.29, 1.82) is 0 Å². The van der Waals surface area contributed by atoms with Crippen molar-refractivity contribution in [2.24, 2.45) is 0 Å². The number of aryl methyl sites for hydroxylation is 1. The van der Waals surface area contributed by atoms with Crippen molar-refractivity contribution in [3.63, 3.8) is 0 Å². The van der Waals surface area contributed by atoms with Crippen LogP contribution in [-0.4, -0.2) is 18.6 Å². The molecule has 0 aliphatic heterocycles. The SMILES string of the molecule is CCCN(C)c1nc(C)ccc1Cl.